The fourth-order valence-electron chi connectivity index (χ4n) is 19.5. The monoisotopic (exact) mass is 876 g/mol. The highest BCUT2D eigenvalue weighted by Crippen LogP contribution is 2.85. The van der Waals surface area contributed by atoms with Crippen molar-refractivity contribution in [2.45, 2.75) is 19.3 Å². The molecule has 14 heteroatoms. The van der Waals surface area contributed by atoms with Crippen LogP contribution in [-0.2, 0) is 33.6 Å². The molecule has 26 unspecified atom stereocenters. The van der Waals surface area contributed by atoms with Gasteiger partial charge >= 0.3 is 41.8 Å². The molecule has 0 aromatic carbocycles. The third-order valence-corrected chi connectivity index (χ3v) is 19.3. The molecule has 11 aliphatic carbocycles. The van der Waals surface area contributed by atoms with Crippen LogP contribution in [0.5, 0.6) is 0 Å². The Hall–Kier alpha value is -6.79. The average Bonchev–Trinajstić information content (AvgIpc) is 4.09. The Morgan fingerprint density at radius 3 is 0.677 bits per heavy atom. The summed E-state index contributed by atoms with van der Waals surface area (Å²) in [4.78, 5) is 86.0. The number of hydrogen-bond donors (Lipinski definition) is 7. The Morgan fingerprint density at radius 1 is 0.246 bits per heavy atom. The van der Waals surface area contributed by atoms with Crippen LogP contribution >= 0.6 is 0 Å². The van der Waals surface area contributed by atoms with Crippen LogP contribution in [-0.4, -0.2) is 77.5 Å². The third kappa shape index (κ3) is 5.62. The summed E-state index contributed by atoms with van der Waals surface area (Å²) in [5, 5.41) is 70.1. The SMILES string of the molecule is O=C(O)C#CC1C2CC3CC4CC5C(C#CC(=O)O)C6C(C#CC(=O)O)C7C(C#CC(=O)O)C8C(C#CC(=O)O)C9C(C#CC(=O)O)C%10C(C#CC(=O)O)C1C1C2C3C4C5C6C7C8C9C%101. The highest BCUT2D eigenvalue weighted by Gasteiger charge is 2.83. The van der Waals surface area contributed by atoms with E-state index in [4.69, 9.17) is 0 Å². The molecular formula is C51H40O14. The number of hydrogen-bond acceptors (Lipinski definition) is 7. The third-order valence-electron chi connectivity index (χ3n) is 19.3. The Labute approximate surface area is 372 Å². The molecule has 11 fully saturated rings. The molecule has 0 aliphatic heterocycles. The van der Waals surface area contributed by atoms with Crippen molar-refractivity contribution in [3.8, 4) is 82.9 Å². The van der Waals surface area contributed by atoms with Gasteiger partial charge in [0.2, 0.25) is 0 Å². The first-order chi connectivity index (χ1) is 31.1. The lowest BCUT2D eigenvalue weighted by molar-refractivity contribution is -0.131. The minimum atomic E-state index is -1.42. The van der Waals surface area contributed by atoms with Crippen LogP contribution < -0.4 is 0 Å². The second-order valence-corrected chi connectivity index (χ2v) is 20.5. The van der Waals surface area contributed by atoms with Gasteiger partial charge < -0.3 is 35.7 Å². The van der Waals surface area contributed by atoms with Gasteiger partial charge in [-0.05, 0) is 138 Å². The van der Waals surface area contributed by atoms with Gasteiger partial charge in [-0.3, -0.25) is 0 Å². The van der Waals surface area contributed by atoms with Crippen molar-refractivity contribution in [3.05, 3.63) is 0 Å². The van der Waals surface area contributed by atoms with Crippen molar-refractivity contribution in [2.24, 2.45) is 160 Å². The van der Waals surface area contributed by atoms with E-state index >= 15 is 0 Å². The molecule has 11 saturated carbocycles. The molecule has 65 heavy (non-hydrogen) atoms. The molecule has 0 amide bonds. The van der Waals surface area contributed by atoms with Crippen molar-refractivity contribution in [3.63, 3.8) is 0 Å². The van der Waals surface area contributed by atoms with Gasteiger partial charge in [0, 0.05) is 82.9 Å². The lowest BCUT2D eigenvalue weighted by Gasteiger charge is -2.44. The van der Waals surface area contributed by atoms with Gasteiger partial charge in [0.25, 0.3) is 0 Å². The zero-order chi connectivity index (χ0) is 45.7. The van der Waals surface area contributed by atoms with E-state index in [1.165, 1.54) is 0 Å². The van der Waals surface area contributed by atoms with Crippen LogP contribution in [0.3, 0.4) is 0 Å². The van der Waals surface area contributed by atoms with E-state index in [0.717, 1.165) is 19.3 Å². The van der Waals surface area contributed by atoms with Crippen molar-refractivity contribution >= 4 is 41.8 Å². The molecule has 0 heterocycles. The second kappa shape index (κ2) is 14.4. The predicted octanol–water partition coefficient (Wildman–Crippen LogP) is 1.56. The van der Waals surface area contributed by atoms with Crippen LogP contribution in [0.25, 0.3) is 0 Å². The van der Waals surface area contributed by atoms with E-state index in [-0.39, 0.29) is 82.9 Å². The zero-order valence-electron chi connectivity index (χ0n) is 34.2. The minimum Gasteiger partial charge on any atom is -0.472 e. The van der Waals surface area contributed by atoms with Gasteiger partial charge in [0.15, 0.2) is 0 Å². The molecule has 0 radical (unpaired) electrons. The summed E-state index contributed by atoms with van der Waals surface area (Å²) in [7, 11) is 0. The van der Waals surface area contributed by atoms with Crippen molar-refractivity contribution in [2.75, 3.05) is 0 Å². The molecule has 0 spiro atoms. The predicted molar refractivity (Wildman–Crippen MR) is 216 cm³/mol. The molecule has 26 atom stereocenters. The Kier molecular flexibility index (Phi) is 9.04. The van der Waals surface area contributed by atoms with E-state index < -0.39 is 119 Å². The normalized spacial score (nSPS) is 49.2. The fraction of sp³-hybridized carbons (Fsp3) is 0.588. The van der Waals surface area contributed by atoms with Crippen LogP contribution in [0.2, 0.25) is 0 Å². The van der Waals surface area contributed by atoms with Gasteiger partial charge in [0.1, 0.15) is 0 Å². The molecule has 0 bridgehead atoms. The maximum atomic E-state index is 12.4. The number of carboxylic acid groups (broad SMARTS) is 7. The van der Waals surface area contributed by atoms with E-state index in [0.29, 0.717) is 0 Å². The van der Waals surface area contributed by atoms with Crippen molar-refractivity contribution in [1.29, 1.82) is 0 Å². The standard InChI is InChI=1S/C51H40O14/c52-29(53)8-1-20-27-16-18-15-19-17-28-21(2-9-30(54)55)39-23(4-11-32(58)59)41-25(6-13-34(62)63)43-26(7-14-35(64)65)42-24(5-12-33(60)61)40-22(3-10-31(56)57)38(20)46-44(27)36(18)37(19)45(28)47(39)49(41)51(43)50(42)48(40)46/h18-28,36-51H,15-17H2,(H,52,53)(H,54,55)(H,56,57)(H,58,59)(H,60,61)(H,62,63)(H,64,65). The quantitative estimate of drug-likeness (QED) is 0.171. The molecule has 7 N–H and O–H groups in total. The Bertz CT molecular complexity index is 2610. The van der Waals surface area contributed by atoms with Crippen LogP contribution in [0.4, 0.5) is 0 Å². The summed E-state index contributed by atoms with van der Waals surface area (Å²) in [6.45, 7) is 0. The van der Waals surface area contributed by atoms with E-state index in [1.54, 1.807) is 0 Å². The Morgan fingerprint density at radius 2 is 0.446 bits per heavy atom. The highest BCUT2D eigenvalue weighted by molar-refractivity contribution is 5.89. The number of aliphatic carboxylic acids is 7. The molecular weight excluding hydrogens is 837 g/mol. The van der Waals surface area contributed by atoms with Crippen LogP contribution in [0.15, 0.2) is 0 Å². The van der Waals surface area contributed by atoms with E-state index in [9.17, 15) is 69.3 Å². The first kappa shape index (κ1) is 40.9. The van der Waals surface area contributed by atoms with Crippen LogP contribution in [0, 0.1) is 243 Å². The van der Waals surface area contributed by atoms with E-state index in [2.05, 4.69) is 82.9 Å². The summed E-state index contributed by atoms with van der Waals surface area (Å²) in [6.07, 6.45) is 2.46. The summed E-state index contributed by atoms with van der Waals surface area (Å²) in [5.41, 5.74) is 0. The summed E-state index contributed by atoms with van der Waals surface area (Å²) >= 11 is 0. The Balaban J connectivity index is 1.23. The summed E-state index contributed by atoms with van der Waals surface area (Å²) in [5.74, 6) is 19.6. The smallest absolute Gasteiger partial charge is 0.381 e. The van der Waals surface area contributed by atoms with Crippen molar-refractivity contribution < 1.29 is 69.3 Å². The first-order valence-electron chi connectivity index (χ1n) is 22.3. The average molecular weight is 877 g/mol. The van der Waals surface area contributed by atoms with Gasteiger partial charge in [-0.25, -0.2) is 33.6 Å². The highest BCUT2D eigenvalue weighted by atomic mass is 16.4. The number of rotatable bonds is 0. The molecule has 0 aromatic rings. The number of carboxylic acids is 7. The molecule has 0 aromatic heterocycles. The van der Waals surface area contributed by atoms with Gasteiger partial charge in [-0.2, -0.15) is 0 Å². The zero-order valence-corrected chi connectivity index (χ0v) is 34.2. The number of carbonyl (C=O) groups is 7. The lowest BCUT2D eigenvalue weighted by Crippen LogP contribution is -2.41. The van der Waals surface area contributed by atoms with Gasteiger partial charge in [-0.15, -0.1) is 0 Å². The maximum Gasteiger partial charge on any atom is 0.381 e. The fourth-order valence-corrected chi connectivity index (χ4v) is 19.5. The molecule has 11 aliphatic rings. The first-order valence-corrected chi connectivity index (χ1v) is 22.3. The van der Waals surface area contributed by atoms with E-state index in [1.807, 2.05) is 0 Å². The van der Waals surface area contributed by atoms with Crippen molar-refractivity contribution in [1.82, 2.24) is 0 Å². The molecule has 328 valence electrons. The van der Waals surface area contributed by atoms with Gasteiger partial charge in [0.05, 0.1) is 0 Å². The molecule has 11 rings (SSSR count). The largest absolute Gasteiger partial charge is 0.472 e. The lowest BCUT2D eigenvalue weighted by atomic mass is 9.60. The molecule has 0 saturated heterocycles. The second-order valence-electron chi connectivity index (χ2n) is 20.5. The topological polar surface area (TPSA) is 261 Å². The van der Waals surface area contributed by atoms with Crippen LogP contribution in [0.1, 0.15) is 19.3 Å². The van der Waals surface area contributed by atoms with Gasteiger partial charge in [-0.1, -0.05) is 41.4 Å². The maximum absolute atomic E-state index is 12.4. The molecule has 14 nitrogen and oxygen atoms in total. The minimum absolute atomic E-state index is 0.0200. The summed E-state index contributed by atoms with van der Waals surface area (Å²) in [6, 6.07) is 0. The summed E-state index contributed by atoms with van der Waals surface area (Å²) < 4.78 is 0.